The molecule has 0 aliphatic carbocycles. The molecule has 3 rings (SSSR count). The lowest BCUT2D eigenvalue weighted by Gasteiger charge is -2.06. The molecule has 0 atom stereocenters. The number of nitrogens with zero attached hydrogens (tertiary/aromatic N) is 1. The first kappa shape index (κ1) is 13.2. The lowest BCUT2D eigenvalue weighted by Crippen LogP contribution is -2.38. The number of hydrazine groups is 1. The molecule has 0 radical (unpaired) electrons. The second-order valence-corrected chi connectivity index (χ2v) is 4.80. The minimum atomic E-state index is -0.201. The van der Waals surface area contributed by atoms with Gasteiger partial charge in [-0.2, -0.15) is 10.1 Å². The Labute approximate surface area is 122 Å². The highest BCUT2D eigenvalue weighted by atomic mass is 16.5. The molecule has 0 bridgehead atoms. The summed E-state index contributed by atoms with van der Waals surface area (Å²) in [6.07, 6.45) is 0. The maximum atomic E-state index is 12.2. The molecule has 0 saturated carbocycles. The van der Waals surface area contributed by atoms with Crippen molar-refractivity contribution in [2.24, 2.45) is 5.73 Å². The third kappa shape index (κ3) is 2.45. The number of hydrogen-bond acceptors (Lipinski definition) is 3. The van der Waals surface area contributed by atoms with E-state index < -0.39 is 0 Å². The van der Waals surface area contributed by atoms with E-state index in [9.17, 15) is 4.79 Å². The fourth-order valence-corrected chi connectivity index (χ4v) is 2.34. The normalized spacial score (nSPS) is 13.0. The van der Waals surface area contributed by atoms with Gasteiger partial charge in [0.2, 0.25) is 0 Å². The van der Waals surface area contributed by atoms with Crippen molar-refractivity contribution >= 4 is 11.7 Å². The van der Waals surface area contributed by atoms with E-state index in [1.54, 1.807) is 36.1 Å². The van der Waals surface area contributed by atoms with Crippen LogP contribution in [0.25, 0.3) is 0 Å². The van der Waals surface area contributed by atoms with Crippen LogP contribution in [0.1, 0.15) is 21.5 Å². The Bertz CT molecular complexity index is 721. The van der Waals surface area contributed by atoms with Gasteiger partial charge in [-0.25, -0.2) is 0 Å². The largest absolute Gasteiger partial charge is 0.497 e. The second-order valence-electron chi connectivity index (χ2n) is 4.80. The lowest BCUT2D eigenvalue weighted by molar-refractivity contribution is -0.584. The molecule has 0 aromatic heterocycles. The molecular weight excluding hydrogens is 266 g/mol. The Hall–Kier alpha value is -2.82. The van der Waals surface area contributed by atoms with Gasteiger partial charge in [0.1, 0.15) is 12.3 Å². The van der Waals surface area contributed by atoms with E-state index in [0.29, 0.717) is 23.7 Å². The number of ether oxygens (including phenoxy) is 1. The van der Waals surface area contributed by atoms with Crippen molar-refractivity contribution in [2.45, 2.75) is 6.54 Å². The molecule has 5 nitrogen and oxygen atoms in total. The van der Waals surface area contributed by atoms with Crippen LogP contribution in [0.4, 0.5) is 0 Å². The zero-order chi connectivity index (χ0) is 14.8. The molecule has 5 heteroatoms. The van der Waals surface area contributed by atoms with Crippen LogP contribution in [0.15, 0.2) is 48.5 Å². The summed E-state index contributed by atoms with van der Waals surface area (Å²) in [6, 6.07) is 14.8. The topological polar surface area (TPSA) is 67.4 Å². The molecule has 0 saturated heterocycles. The molecule has 0 unspecified atom stereocenters. The predicted octanol–water partition coefficient (Wildman–Crippen LogP) is 1.27. The van der Waals surface area contributed by atoms with Crippen molar-refractivity contribution < 1.29 is 14.2 Å². The van der Waals surface area contributed by atoms with Crippen LogP contribution in [0.2, 0.25) is 0 Å². The lowest BCUT2D eigenvalue weighted by atomic mass is 10.1. The Morgan fingerprint density at radius 1 is 1.19 bits per heavy atom. The van der Waals surface area contributed by atoms with Gasteiger partial charge in [0.25, 0.3) is 11.7 Å². The summed E-state index contributed by atoms with van der Waals surface area (Å²) in [4.78, 5) is 12.2. The van der Waals surface area contributed by atoms with E-state index in [0.717, 1.165) is 11.1 Å². The van der Waals surface area contributed by atoms with E-state index in [4.69, 9.17) is 10.5 Å². The Morgan fingerprint density at radius 3 is 2.57 bits per heavy atom. The molecule has 106 valence electrons. The number of fused-ring (bicyclic) bond motifs is 1. The molecule has 0 fully saturated rings. The number of amides is 1. The maximum absolute atomic E-state index is 12.2. The third-order valence-corrected chi connectivity index (χ3v) is 3.50. The monoisotopic (exact) mass is 282 g/mol. The third-order valence-electron chi connectivity index (χ3n) is 3.50. The van der Waals surface area contributed by atoms with E-state index in [1.807, 2.05) is 24.3 Å². The van der Waals surface area contributed by atoms with Gasteiger partial charge in [0, 0.05) is 11.1 Å². The summed E-state index contributed by atoms with van der Waals surface area (Å²) in [5.74, 6) is 1.08. The number of methoxy groups -OCH3 is 1. The Kier molecular flexibility index (Phi) is 3.31. The number of rotatable bonds is 3. The fourth-order valence-electron chi connectivity index (χ4n) is 2.34. The fraction of sp³-hybridized carbons (Fsp3) is 0.125. The molecule has 1 aliphatic heterocycles. The highest BCUT2D eigenvalue weighted by Crippen LogP contribution is 2.15. The SMILES string of the molecule is COc1ccc(C(=O)N[N+]2=C(N)c3ccccc3C2)cc1. The molecule has 1 heterocycles. The van der Waals surface area contributed by atoms with Crippen molar-refractivity contribution in [1.82, 2.24) is 5.43 Å². The maximum Gasteiger partial charge on any atom is 0.299 e. The number of nitrogens with one attached hydrogen (secondary N) is 1. The number of benzene rings is 2. The summed E-state index contributed by atoms with van der Waals surface area (Å²) in [5.41, 5.74) is 11.5. The molecule has 2 aromatic carbocycles. The van der Waals surface area contributed by atoms with E-state index in [-0.39, 0.29) is 5.91 Å². The van der Waals surface area contributed by atoms with Crippen LogP contribution in [0.5, 0.6) is 5.75 Å². The number of hydrazone groups is 1. The van der Waals surface area contributed by atoms with Crippen molar-refractivity contribution in [2.75, 3.05) is 7.11 Å². The number of nitrogens with two attached hydrogens (primary N) is 1. The van der Waals surface area contributed by atoms with Crippen molar-refractivity contribution in [3.63, 3.8) is 0 Å². The van der Waals surface area contributed by atoms with Gasteiger partial charge in [-0.15, -0.1) is 0 Å². The number of hydrogen-bond donors (Lipinski definition) is 2. The minimum absolute atomic E-state index is 0.201. The van der Waals surface area contributed by atoms with Crippen molar-refractivity contribution in [1.29, 1.82) is 0 Å². The van der Waals surface area contributed by atoms with Gasteiger partial charge in [0.05, 0.1) is 12.7 Å². The van der Waals surface area contributed by atoms with Gasteiger partial charge in [-0.05, 0) is 30.3 Å². The van der Waals surface area contributed by atoms with Gasteiger partial charge in [-0.3, -0.25) is 10.5 Å². The molecular formula is C16H16N3O2+. The average Bonchev–Trinajstić information content (AvgIpc) is 2.84. The smallest absolute Gasteiger partial charge is 0.299 e. The number of carbonyl (C=O) groups is 1. The zero-order valence-electron chi connectivity index (χ0n) is 11.7. The molecule has 0 spiro atoms. The Morgan fingerprint density at radius 2 is 1.90 bits per heavy atom. The van der Waals surface area contributed by atoms with Crippen LogP contribution in [0, 0.1) is 0 Å². The first-order chi connectivity index (χ1) is 10.2. The van der Waals surface area contributed by atoms with Gasteiger partial charge < -0.3 is 4.74 Å². The van der Waals surface area contributed by atoms with E-state index >= 15 is 0 Å². The molecule has 2 aromatic rings. The highest BCUT2D eigenvalue weighted by Gasteiger charge is 2.25. The van der Waals surface area contributed by atoms with E-state index in [1.165, 1.54) is 0 Å². The second kappa shape index (κ2) is 5.28. The van der Waals surface area contributed by atoms with Crippen LogP contribution in [-0.2, 0) is 6.54 Å². The van der Waals surface area contributed by atoms with Crippen molar-refractivity contribution in [3.8, 4) is 5.75 Å². The van der Waals surface area contributed by atoms with Gasteiger partial charge in [-0.1, -0.05) is 18.2 Å². The van der Waals surface area contributed by atoms with E-state index in [2.05, 4.69) is 5.43 Å². The summed E-state index contributed by atoms with van der Waals surface area (Å²) in [6.45, 7) is 0.573. The Balaban J connectivity index is 1.78. The van der Waals surface area contributed by atoms with Gasteiger partial charge >= 0.3 is 0 Å². The van der Waals surface area contributed by atoms with Crippen molar-refractivity contribution in [3.05, 3.63) is 65.2 Å². The predicted molar refractivity (Wildman–Crippen MR) is 79.2 cm³/mol. The minimum Gasteiger partial charge on any atom is -0.497 e. The first-order valence-corrected chi connectivity index (χ1v) is 6.62. The summed E-state index contributed by atoms with van der Waals surface area (Å²) in [5, 5.41) is 0. The average molecular weight is 282 g/mol. The quantitative estimate of drug-likeness (QED) is 0.833. The molecule has 1 aliphatic rings. The zero-order valence-corrected chi connectivity index (χ0v) is 11.7. The molecule has 3 N–H and O–H groups in total. The number of amidine groups is 1. The first-order valence-electron chi connectivity index (χ1n) is 6.62. The van der Waals surface area contributed by atoms with Crippen LogP contribution in [0.3, 0.4) is 0 Å². The highest BCUT2D eigenvalue weighted by molar-refractivity contribution is 5.98. The van der Waals surface area contributed by atoms with Crippen LogP contribution < -0.4 is 15.9 Å². The summed E-state index contributed by atoms with van der Waals surface area (Å²) < 4.78 is 6.74. The van der Waals surface area contributed by atoms with Crippen LogP contribution in [-0.4, -0.2) is 23.5 Å². The number of carbonyl (C=O) groups excluding carboxylic acids is 1. The summed E-state index contributed by atoms with van der Waals surface area (Å²) >= 11 is 0. The molecule has 1 amide bonds. The molecule has 21 heavy (non-hydrogen) atoms. The van der Waals surface area contributed by atoms with Gasteiger partial charge in [0.15, 0.2) is 0 Å². The standard InChI is InChI=1S/C16H15N3O2/c1-21-13-8-6-11(7-9-13)16(20)18-19-10-12-4-2-3-5-14(12)15(19)17/h2-9,17H,10H2,1H3,(H,18,20)/p+1. The van der Waals surface area contributed by atoms with Crippen LogP contribution >= 0.6 is 0 Å². The summed E-state index contributed by atoms with van der Waals surface area (Å²) in [7, 11) is 1.59.